The summed E-state index contributed by atoms with van der Waals surface area (Å²) in [7, 11) is 1.55. The van der Waals surface area contributed by atoms with Gasteiger partial charge >= 0.3 is 0 Å². The smallest absolute Gasteiger partial charge is 0.255 e. The van der Waals surface area contributed by atoms with Crippen LogP contribution in [-0.2, 0) is 9.59 Å². The summed E-state index contributed by atoms with van der Waals surface area (Å²) in [5.74, 6) is 1.80. The van der Waals surface area contributed by atoms with E-state index in [9.17, 15) is 19.2 Å². The number of anilines is 2. The molecule has 346 valence electrons. The second-order valence-electron chi connectivity index (χ2n) is 18.6. The van der Waals surface area contributed by atoms with E-state index in [1.165, 1.54) is 84.5 Å². The number of hydrogen-bond donors (Lipinski definition) is 1. The molecule has 8 rings (SSSR count). The first-order chi connectivity index (χ1) is 31.5. The molecule has 1 unspecified atom stereocenters. The number of aldehydes is 1. The van der Waals surface area contributed by atoms with Gasteiger partial charge in [-0.05, 0) is 141 Å². The van der Waals surface area contributed by atoms with Crippen molar-refractivity contribution in [1.82, 2.24) is 30.0 Å². The lowest BCUT2D eigenvalue weighted by Crippen LogP contribution is -2.53. The van der Waals surface area contributed by atoms with Gasteiger partial charge < -0.3 is 19.6 Å². The van der Waals surface area contributed by atoms with E-state index in [0.717, 1.165) is 74.7 Å². The Morgan fingerprint density at radius 2 is 1.52 bits per heavy atom. The van der Waals surface area contributed by atoms with Crippen LogP contribution in [0.3, 0.4) is 0 Å². The molecular formula is C53H70N8O4. The molecule has 0 aliphatic carbocycles. The molecule has 12 nitrogen and oxygen atoms in total. The maximum atomic E-state index is 13.3. The number of aromatic nitrogens is 2. The van der Waals surface area contributed by atoms with E-state index in [4.69, 9.17) is 4.98 Å². The monoisotopic (exact) mass is 883 g/mol. The van der Waals surface area contributed by atoms with E-state index in [1.807, 2.05) is 38.5 Å². The third-order valence-electron chi connectivity index (χ3n) is 14.2. The average Bonchev–Trinajstić information content (AvgIpc) is 3.34. The van der Waals surface area contributed by atoms with E-state index < -0.39 is 17.9 Å². The van der Waals surface area contributed by atoms with Crippen molar-refractivity contribution >= 4 is 35.5 Å². The van der Waals surface area contributed by atoms with E-state index in [0.29, 0.717) is 17.8 Å². The van der Waals surface area contributed by atoms with Gasteiger partial charge in [0.15, 0.2) is 6.29 Å². The van der Waals surface area contributed by atoms with Gasteiger partial charge in [0.05, 0.1) is 5.56 Å². The van der Waals surface area contributed by atoms with E-state index in [2.05, 4.69) is 87.1 Å². The third kappa shape index (κ3) is 11.5. The number of likely N-dealkylation sites (tertiary alicyclic amines) is 1. The van der Waals surface area contributed by atoms with E-state index in [-0.39, 0.29) is 24.3 Å². The molecule has 4 fully saturated rings. The number of benzene rings is 2. The summed E-state index contributed by atoms with van der Waals surface area (Å²) in [5, 5.41) is 2.30. The predicted octanol–water partition coefficient (Wildman–Crippen LogP) is 8.10. The van der Waals surface area contributed by atoms with Crippen LogP contribution in [0.4, 0.5) is 11.5 Å². The van der Waals surface area contributed by atoms with Gasteiger partial charge in [-0.2, -0.15) is 0 Å². The van der Waals surface area contributed by atoms with Gasteiger partial charge in [-0.25, -0.2) is 4.98 Å². The summed E-state index contributed by atoms with van der Waals surface area (Å²) < 4.78 is 0. The van der Waals surface area contributed by atoms with Gasteiger partial charge in [-0.1, -0.05) is 45.9 Å². The first-order valence-electron chi connectivity index (χ1n) is 24.2. The van der Waals surface area contributed by atoms with Crippen LogP contribution in [0.2, 0.25) is 0 Å². The lowest BCUT2D eigenvalue weighted by atomic mass is 9.90. The molecule has 6 heterocycles. The molecule has 0 radical (unpaired) electrons. The Morgan fingerprint density at radius 1 is 0.800 bits per heavy atom. The summed E-state index contributed by atoms with van der Waals surface area (Å²) in [6.45, 7) is 21.1. The van der Waals surface area contributed by atoms with Crippen molar-refractivity contribution < 1.29 is 19.2 Å². The molecule has 3 amide bonds. The number of nitrogens with one attached hydrogen (secondary N) is 1. The van der Waals surface area contributed by atoms with Gasteiger partial charge in [-0.15, -0.1) is 0 Å². The SMILES string of the molecule is CC.Cc1cc(-c2ccc(N3CCC(CCN4CCC(CN5CCN(c6ccc(C(=O)N(C)C7CCC(=O)NC7=O)c(C=O)c6)CC5)CC4)CC3)nc2)ccc1-c1cnccc1C(C)C. The minimum Gasteiger partial charge on any atom is -0.369 e. The number of rotatable bonds is 13. The fourth-order valence-corrected chi connectivity index (χ4v) is 10.2. The molecule has 4 aromatic rings. The predicted molar refractivity (Wildman–Crippen MR) is 261 cm³/mol. The highest BCUT2D eigenvalue weighted by atomic mass is 16.2. The lowest BCUT2D eigenvalue weighted by Gasteiger charge is -2.40. The number of piperazine rings is 1. The van der Waals surface area contributed by atoms with E-state index >= 15 is 0 Å². The Hall–Kier alpha value is -5.46. The number of carbonyl (C=O) groups is 4. The van der Waals surface area contributed by atoms with Crippen LogP contribution in [-0.4, -0.2) is 127 Å². The van der Waals surface area contributed by atoms with Crippen LogP contribution in [0, 0.1) is 18.8 Å². The molecule has 1 N–H and O–H groups in total. The van der Waals surface area contributed by atoms with Gasteiger partial charge in [0.25, 0.3) is 5.91 Å². The molecule has 0 spiro atoms. The minimum atomic E-state index is -0.739. The zero-order valence-electron chi connectivity index (χ0n) is 39.6. The second kappa shape index (κ2) is 22.2. The summed E-state index contributed by atoms with van der Waals surface area (Å²) in [6.07, 6.45) is 13.3. The Bertz CT molecular complexity index is 2260. The number of likely N-dealkylation sites (N-methyl/N-ethyl adjacent to an activating group) is 1. The Balaban J connectivity index is 0.00000311. The number of hydrogen-bond acceptors (Lipinski definition) is 10. The van der Waals surface area contributed by atoms with Crippen LogP contribution in [0.1, 0.15) is 110 Å². The third-order valence-corrected chi connectivity index (χ3v) is 14.2. The van der Waals surface area contributed by atoms with Crippen LogP contribution in [0.25, 0.3) is 22.3 Å². The normalized spacial score (nSPS) is 19.2. The fraction of sp³-hybridized carbons (Fsp3) is 0.509. The molecule has 0 saturated carbocycles. The number of aryl methyl sites for hydroxylation is 1. The molecule has 4 saturated heterocycles. The summed E-state index contributed by atoms with van der Waals surface area (Å²) in [5.41, 5.74) is 8.88. The van der Waals surface area contributed by atoms with Crippen LogP contribution in [0.15, 0.2) is 73.2 Å². The first kappa shape index (κ1) is 47.5. The Labute approximate surface area is 386 Å². The molecule has 0 bridgehead atoms. The van der Waals surface area contributed by atoms with Gasteiger partial charge in [-0.3, -0.25) is 34.4 Å². The highest BCUT2D eigenvalue weighted by Crippen LogP contribution is 2.34. The van der Waals surface area contributed by atoms with Crippen LogP contribution < -0.4 is 15.1 Å². The first-order valence-corrected chi connectivity index (χ1v) is 24.2. The standard InChI is InChI=1S/C51H64N8O4.C2H6/c1-35(2)43-13-19-52-32-46(43)44-8-5-39(29-36(44)3)40-6-11-48(53-31-40)59-23-17-37(18-24-59)14-20-56-21-15-38(16-22-56)33-57-25-27-58(28-26-57)42-7-9-45(41(30-42)34-60)51(63)55(4)47-10-12-49(61)54-50(47)62;1-2/h5-9,11,13,19,29-32,34-35,37-38,47H,10,12,14-18,20-28,33H2,1-4H3,(H,54,61,62);1-2H3. The van der Waals surface area contributed by atoms with Crippen molar-refractivity contribution in [3.8, 4) is 22.3 Å². The fourth-order valence-electron chi connectivity index (χ4n) is 10.2. The molecule has 4 aliphatic rings. The number of piperidine rings is 3. The van der Waals surface area contributed by atoms with Crippen molar-refractivity contribution in [3.63, 3.8) is 0 Å². The summed E-state index contributed by atoms with van der Waals surface area (Å²) >= 11 is 0. The number of nitrogens with zero attached hydrogens (tertiary/aromatic N) is 7. The topological polar surface area (TPSA) is 122 Å². The van der Waals surface area contributed by atoms with Gasteiger partial charge in [0.2, 0.25) is 11.8 Å². The lowest BCUT2D eigenvalue weighted by molar-refractivity contribution is -0.136. The van der Waals surface area contributed by atoms with Crippen molar-refractivity contribution in [3.05, 3.63) is 95.4 Å². The Kier molecular flexibility index (Phi) is 16.2. The summed E-state index contributed by atoms with van der Waals surface area (Å²) in [6, 6.07) is 17.9. The molecule has 1 atom stereocenters. The van der Waals surface area contributed by atoms with Crippen molar-refractivity contribution in [2.75, 3.05) is 82.3 Å². The molecule has 2 aromatic carbocycles. The van der Waals surface area contributed by atoms with Gasteiger partial charge in [0.1, 0.15) is 11.9 Å². The number of carbonyl (C=O) groups excluding carboxylic acids is 4. The number of imide groups is 1. The minimum absolute atomic E-state index is 0.182. The van der Waals surface area contributed by atoms with Crippen molar-refractivity contribution in [2.45, 2.75) is 91.5 Å². The molecular weight excluding hydrogens is 813 g/mol. The van der Waals surface area contributed by atoms with Crippen LogP contribution in [0.5, 0.6) is 0 Å². The highest BCUT2D eigenvalue weighted by molar-refractivity contribution is 6.06. The molecule has 65 heavy (non-hydrogen) atoms. The molecule has 2 aromatic heterocycles. The number of pyridine rings is 2. The number of amides is 3. The summed E-state index contributed by atoms with van der Waals surface area (Å²) in [4.78, 5) is 70.1. The van der Waals surface area contributed by atoms with Crippen molar-refractivity contribution in [1.29, 1.82) is 0 Å². The maximum Gasteiger partial charge on any atom is 0.255 e. The van der Waals surface area contributed by atoms with Crippen molar-refractivity contribution in [2.24, 2.45) is 11.8 Å². The maximum absolute atomic E-state index is 13.3. The average molecular weight is 883 g/mol. The highest BCUT2D eigenvalue weighted by Gasteiger charge is 2.34. The molecule has 4 aliphatic heterocycles. The Morgan fingerprint density at radius 3 is 2.18 bits per heavy atom. The van der Waals surface area contributed by atoms with Gasteiger partial charge in [0, 0.05) is 100 Å². The zero-order chi connectivity index (χ0) is 46.0. The zero-order valence-corrected chi connectivity index (χ0v) is 39.6. The van der Waals surface area contributed by atoms with Crippen LogP contribution >= 0.6 is 0 Å². The largest absolute Gasteiger partial charge is 0.369 e. The molecule has 12 heteroatoms. The van der Waals surface area contributed by atoms with E-state index in [1.54, 1.807) is 19.2 Å². The second-order valence-corrected chi connectivity index (χ2v) is 18.6. The quantitative estimate of drug-likeness (QED) is 0.104.